The molecule has 0 aromatic heterocycles. The van der Waals surface area contributed by atoms with Crippen molar-refractivity contribution in [2.75, 3.05) is 32.1 Å². The van der Waals surface area contributed by atoms with Crippen molar-refractivity contribution in [3.8, 4) is 5.75 Å². The van der Waals surface area contributed by atoms with E-state index < -0.39 is 15.9 Å². The Labute approximate surface area is 183 Å². The van der Waals surface area contributed by atoms with Gasteiger partial charge in [-0.2, -0.15) is 4.31 Å². The average Bonchev–Trinajstić information content (AvgIpc) is 2.73. The molecule has 2 aromatic carbocycles. The summed E-state index contributed by atoms with van der Waals surface area (Å²) in [4.78, 5) is 24.1. The zero-order chi connectivity index (χ0) is 23.0. The average molecular weight is 449 g/mol. The van der Waals surface area contributed by atoms with Crippen LogP contribution in [-0.2, 0) is 30.8 Å². The molecule has 8 nitrogen and oxygen atoms in total. The summed E-state index contributed by atoms with van der Waals surface area (Å²) in [6.07, 6.45) is 0.144. The number of sulfonamides is 1. The third-order valence-electron chi connectivity index (χ3n) is 4.57. The maximum atomic E-state index is 13.0. The number of hydrogen-bond donors (Lipinski definition) is 1. The van der Waals surface area contributed by atoms with Crippen molar-refractivity contribution in [2.45, 2.75) is 32.1 Å². The molecule has 2 aromatic rings. The summed E-state index contributed by atoms with van der Waals surface area (Å²) >= 11 is 0. The second kappa shape index (κ2) is 10.9. The van der Waals surface area contributed by atoms with E-state index in [2.05, 4.69) is 5.32 Å². The lowest BCUT2D eigenvalue weighted by Crippen LogP contribution is -2.37. The molecule has 2 rings (SSSR count). The fraction of sp³-hybridized carbons (Fsp3) is 0.364. The van der Waals surface area contributed by atoms with Crippen LogP contribution < -0.4 is 10.1 Å². The highest BCUT2D eigenvalue weighted by atomic mass is 32.2. The van der Waals surface area contributed by atoms with Crippen LogP contribution in [0.5, 0.6) is 5.75 Å². The quantitative estimate of drug-likeness (QED) is 0.561. The minimum Gasteiger partial charge on any atom is -0.496 e. The van der Waals surface area contributed by atoms with Crippen LogP contribution in [0.15, 0.2) is 47.4 Å². The highest BCUT2D eigenvalue weighted by Crippen LogP contribution is 2.23. The van der Waals surface area contributed by atoms with Gasteiger partial charge in [0, 0.05) is 12.2 Å². The third-order valence-corrected chi connectivity index (χ3v) is 6.49. The molecule has 0 bridgehead atoms. The van der Waals surface area contributed by atoms with Crippen molar-refractivity contribution >= 4 is 27.6 Å². The topological polar surface area (TPSA) is 102 Å². The van der Waals surface area contributed by atoms with Gasteiger partial charge in [-0.05, 0) is 55.3 Å². The van der Waals surface area contributed by atoms with E-state index >= 15 is 0 Å². The Kier molecular flexibility index (Phi) is 8.58. The highest BCUT2D eigenvalue weighted by molar-refractivity contribution is 7.89. The fourth-order valence-electron chi connectivity index (χ4n) is 2.97. The van der Waals surface area contributed by atoms with Crippen LogP contribution in [-0.4, -0.2) is 51.4 Å². The Bertz CT molecular complexity index is 1020. The summed E-state index contributed by atoms with van der Waals surface area (Å²) in [6.45, 7) is 5.30. The number of benzene rings is 2. The van der Waals surface area contributed by atoms with Gasteiger partial charge >= 0.3 is 5.97 Å². The smallest absolute Gasteiger partial charge is 0.310 e. The number of aryl methyl sites for hydroxylation is 1. The molecular weight excluding hydrogens is 420 g/mol. The Morgan fingerprint density at radius 1 is 1.06 bits per heavy atom. The molecule has 0 saturated carbocycles. The van der Waals surface area contributed by atoms with Gasteiger partial charge in [-0.1, -0.05) is 19.1 Å². The molecular formula is C22H28N2O6S. The van der Waals surface area contributed by atoms with Crippen molar-refractivity contribution in [2.24, 2.45) is 0 Å². The number of esters is 1. The molecule has 9 heteroatoms. The molecule has 0 radical (unpaired) electrons. The van der Waals surface area contributed by atoms with Crippen LogP contribution in [0.25, 0.3) is 0 Å². The number of methoxy groups -OCH3 is 1. The Morgan fingerprint density at radius 3 is 2.29 bits per heavy atom. The molecule has 1 N–H and O–H groups in total. The van der Waals surface area contributed by atoms with E-state index in [0.29, 0.717) is 23.6 Å². The van der Waals surface area contributed by atoms with E-state index in [-0.39, 0.29) is 30.4 Å². The van der Waals surface area contributed by atoms with Crippen LogP contribution >= 0.6 is 0 Å². The first-order valence-corrected chi connectivity index (χ1v) is 11.3. The minimum atomic E-state index is -3.85. The number of likely N-dealkylation sites (N-methyl/N-ethyl adjacent to an activating group) is 1. The predicted molar refractivity (Wildman–Crippen MR) is 118 cm³/mol. The zero-order valence-electron chi connectivity index (χ0n) is 18.2. The van der Waals surface area contributed by atoms with Crippen molar-refractivity contribution in [1.29, 1.82) is 0 Å². The Hall–Kier alpha value is -2.91. The molecule has 0 atom stereocenters. The van der Waals surface area contributed by atoms with Crippen LogP contribution in [0, 0.1) is 6.92 Å². The molecule has 1 amide bonds. The summed E-state index contributed by atoms with van der Waals surface area (Å²) in [5.74, 6) is -0.197. The van der Waals surface area contributed by atoms with Crippen molar-refractivity contribution in [3.63, 3.8) is 0 Å². The first-order chi connectivity index (χ1) is 14.7. The Morgan fingerprint density at radius 2 is 1.74 bits per heavy atom. The number of hydrogen-bond acceptors (Lipinski definition) is 6. The molecule has 31 heavy (non-hydrogen) atoms. The van der Waals surface area contributed by atoms with Gasteiger partial charge in [-0.15, -0.1) is 0 Å². The molecule has 0 heterocycles. The Balaban J connectivity index is 2.05. The molecule has 168 valence electrons. The second-order valence-corrected chi connectivity index (χ2v) is 8.73. The number of nitrogens with zero attached hydrogens (tertiary/aromatic N) is 1. The highest BCUT2D eigenvalue weighted by Gasteiger charge is 2.26. The van der Waals surface area contributed by atoms with E-state index in [1.54, 1.807) is 51.1 Å². The monoisotopic (exact) mass is 448 g/mol. The van der Waals surface area contributed by atoms with Crippen LogP contribution in [0.4, 0.5) is 5.69 Å². The van der Waals surface area contributed by atoms with Gasteiger partial charge in [-0.25, -0.2) is 8.42 Å². The normalized spacial score (nSPS) is 11.3. The number of anilines is 1. The number of carbonyl (C=O) groups is 2. The molecule has 0 aliphatic heterocycles. The van der Waals surface area contributed by atoms with E-state index in [9.17, 15) is 18.0 Å². The second-order valence-electron chi connectivity index (χ2n) is 6.79. The predicted octanol–water partition coefficient (Wildman–Crippen LogP) is 2.76. The zero-order valence-corrected chi connectivity index (χ0v) is 19.0. The number of rotatable bonds is 10. The van der Waals surface area contributed by atoms with Gasteiger partial charge in [0.15, 0.2) is 0 Å². The van der Waals surface area contributed by atoms with Crippen LogP contribution in [0.2, 0.25) is 0 Å². The standard InChI is InChI=1S/C22H28N2O6S/c1-5-24(31(27,28)19-11-12-20(29-4)16(3)13-19)15-21(25)23-18-9-7-17(8-10-18)14-22(26)30-6-2/h7-13H,5-6,14-15H2,1-4H3,(H,23,25). The molecule has 0 aliphatic carbocycles. The fourth-order valence-corrected chi connectivity index (χ4v) is 4.46. The van der Waals surface area contributed by atoms with E-state index in [4.69, 9.17) is 9.47 Å². The van der Waals surface area contributed by atoms with E-state index in [0.717, 1.165) is 9.87 Å². The summed E-state index contributed by atoms with van der Waals surface area (Å²) < 4.78 is 37.1. The SMILES string of the molecule is CCOC(=O)Cc1ccc(NC(=O)CN(CC)S(=O)(=O)c2ccc(OC)c(C)c2)cc1. The maximum absolute atomic E-state index is 13.0. The van der Waals surface area contributed by atoms with E-state index in [1.165, 1.54) is 19.2 Å². The van der Waals surface area contributed by atoms with Gasteiger partial charge in [0.25, 0.3) is 0 Å². The van der Waals surface area contributed by atoms with Gasteiger partial charge in [-0.3, -0.25) is 9.59 Å². The van der Waals surface area contributed by atoms with Gasteiger partial charge < -0.3 is 14.8 Å². The summed E-state index contributed by atoms with van der Waals surface area (Å²) in [5.41, 5.74) is 1.95. The summed E-state index contributed by atoms with van der Waals surface area (Å²) in [7, 11) is -2.33. The molecule has 0 spiro atoms. The third kappa shape index (κ3) is 6.53. The van der Waals surface area contributed by atoms with Crippen molar-refractivity contribution in [1.82, 2.24) is 4.31 Å². The maximum Gasteiger partial charge on any atom is 0.310 e. The molecule has 0 fully saturated rings. The minimum absolute atomic E-state index is 0.101. The largest absolute Gasteiger partial charge is 0.496 e. The van der Waals surface area contributed by atoms with Crippen LogP contribution in [0.1, 0.15) is 25.0 Å². The lowest BCUT2D eigenvalue weighted by Gasteiger charge is -2.20. The molecule has 0 saturated heterocycles. The van der Waals surface area contributed by atoms with E-state index in [1.807, 2.05) is 0 Å². The molecule has 0 aliphatic rings. The van der Waals surface area contributed by atoms with Gasteiger partial charge in [0.1, 0.15) is 5.75 Å². The first-order valence-electron chi connectivity index (χ1n) is 9.90. The first kappa shape index (κ1) is 24.4. The number of amides is 1. The van der Waals surface area contributed by atoms with Crippen molar-refractivity contribution in [3.05, 3.63) is 53.6 Å². The number of nitrogens with one attached hydrogen (secondary N) is 1. The number of carbonyl (C=O) groups excluding carboxylic acids is 2. The molecule has 0 unspecified atom stereocenters. The number of ether oxygens (including phenoxy) is 2. The van der Waals surface area contributed by atoms with Crippen molar-refractivity contribution < 1.29 is 27.5 Å². The van der Waals surface area contributed by atoms with Crippen LogP contribution in [0.3, 0.4) is 0 Å². The summed E-state index contributed by atoms with van der Waals surface area (Å²) in [5, 5.41) is 2.68. The lowest BCUT2D eigenvalue weighted by molar-refractivity contribution is -0.142. The summed E-state index contributed by atoms with van der Waals surface area (Å²) in [6, 6.07) is 11.3. The van der Waals surface area contributed by atoms with Gasteiger partial charge in [0.2, 0.25) is 15.9 Å². The lowest BCUT2D eigenvalue weighted by atomic mass is 10.1. The van der Waals surface area contributed by atoms with Gasteiger partial charge in [0.05, 0.1) is 31.6 Å².